The number of amides is 1. The summed E-state index contributed by atoms with van der Waals surface area (Å²) in [6.45, 7) is 8.88. The highest BCUT2D eigenvalue weighted by atomic mass is 35.5. The van der Waals surface area contributed by atoms with E-state index in [9.17, 15) is 4.79 Å². The maximum absolute atomic E-state index is 12.0. The highest BCUT2D eigenvalue weighted by Gasteiger charge is 2.33. The lowest BCUT2D eigenvalue weighted by atomic mass is 9.95. The smallest absolute Gasteiger partial charge is 0.242 e. The predicted octanol–water partition coefficient (Wildman–Crippen LogP) is 2.45. The van der Waals surface area contributed by atoms with Crippen LogP contribution >= 0.6 is 11.6 Å². The van der Waals surface area contributed by atoms with E-state index in [4.69, 9.17) is 16.6 Å². The van der Waals surface area contributed by atoms with Gasteiger partial charge in [-0.1, -0.05) is 32.4 Å². The summed E-state index contributed by atoms with van der Waals surface area (Å²) in [5, 5.41) is 3.19. The van der Waals surface area contributed by atoms with E-state index >= 15 is 0 Å². The number of aromatic nitrogens is 2. The molecule has 0 spiro atoms. The Balaban J connectivity index is 2.47. The molecule has 1 aromatic rings. The summed E-state index contributed by atoms with van der Waals surface area (Å²) in [6.07, 6.45) is 1.82. The van der Waals surface area contributed by atoms with E-state index in [-0.39, 0.29) is 17.4 Å². The Morgan fingerprint density at radius 3 is 2.62 bits per heavy atom. The van der Waals surface area contributed by atoms with Crippen molar-refractivity contribution in [1.29, 1.82) is 0 Å². The van der Waals surface area contributed by atoms with Gasteiger partial charge in [0.05, 0.1) is 0 Å². The number of carbonyl (C=O) groups excluding carboxylic acids is 1. The normalized spacial score (nSPS) is 19.0. The molecule has 1 aliphatic rings. The highest BCUT2D eigenvalue weighted by molar-refractivity contribution is 6.30. The molecule has 2 heterocycles. The summed E-state index contributed by atoms with van der Waals surface area (Å²) >= 11 is 6.29. The van der Waals surface area contributed by atoms with Gasteiger partial charge < -0.3 is 10.2 Å². The van der Waals surface area contributed by atoms with Crippen LogP contribution in [0.1, 0.15) is 45.0 Å². The summed E-state index contributed by atoms with van der Waals surface area (Å²) in [5.74, 6) is 1.51. The number of nitrogens with zero attached hydrogens (tertiary/aromatic N) is 3. The monoisotopic (exact) mass is 310 g/mol. The van der Waals surface area contributed by atoms with Crippen molar-refractivity contribution in [3.05, 3.63) is 16.5 Å². The molecule has 1 atom stereocenters. The molecule has 2 rings (SSSR count). The number of likely N-dealkylation sites (N-methyl/N-ethyl adjacent to an activating group) is 1. The molecule has 5 nitrogen and oxygen atoms in total. The van der Waals surface area contributed by atoms with Crippen molar-refractivity contribution in [2.75, 3.05) is 18.5 Å². The van der Waals surface area contributed by atoms with Gasteiger partial charge in [0, 0.05) is 24.6 Å². The molecular weight excluding hydrogens is 288 g/mol. The molecule has 1 unspecified atom stereocenters. The fourth-order valence-electron chi connectivity index (χ4n) is 2.55. The van der Waals surface area contributed by atoms with Gasteiger partial charge >= 0.3 is 0 Å². The number of carbonyl (C=O) groups is 1. The lowest BCUT2D eigenvalue weighted by molar-refractivity contribution is -0.121. The lowest BCUT2D eigenvalue weighted by Crippen LogP contribution is -2.43. The number of anilines is 1. The van der Waals surface area contributed by atoms with E-state index in [1.165, 1.54) is 0 Å². The van der Waals surface area contributed by atoms with Crippen molar-refractivity contribution in [3.63, 3.8) is 0 Å². The predicted molar refractivity (Wildman–Crippen MR) is 84.9 cm³/mol. The molecule has 0 aliphatic carbocycles. The van der Waals surface area contributed by atoms with Crippen LogP contribution in [-0.4, -0.2) is 35.5 Å². The molecule has 1 fully saturated rings. The highest BCUT2D eigenvalue weighted by Crippen LogP contribution is 2.32. The molecule has 21 heavy (non-hydrogen) atoms. The number of nitrogens with one attached hydrogen (secondary N) is 1. The van der Waals surface area contributed by atoms with Crippen LogP contribution in [-0.2, 0) is 10.2 Å². The Labute approximate surface area is 131 Å². The first-order valence-electron chi connectivity index (χ1n) is 7.28. The molecule has 0 aromatic carbocycles. The Bertz CT molecular complexity index is 553. The van der Waals surface area contributed by atoms with Crippen molar-refractivity contribution >= 4 is 23.3 Å². The van der Waals surface area contributed by atoms with Crippen LogP contribution in [0.25, 0.3) is 0 Å². The topological polar surface area (TPSA) is 58.1 Å². The first-order chi connectivity index (χ1) is 9.75. The van der Waals surface area contributed by atoms with Crippen molar-refractivity contribution in [3.8, 4) is 0 Å². The summed E-state index contributed by atoms with van der Waals surface area (Å²) < 4.78 is 0. The van der Waals surface area contributed by atoms with Crippen LogP contribution in [0.15, 0.2) is 0 Å². The molecule has 1 aliphatic heterocycles. The molecule has 6 heteroatoms. The van der Waals surface area contributed by atoms with Gasteiger partial charge in [0.2, 0.25) is 5.91 Å². The van der Waals surface area contributed by atoms with Crippen LogP contribution in [0, 0.1) is 6.92 Å². The van der Waals surface area contributed by atoms with E-state index in [1.807, 2.05) is 6.92 Å². The van der Waals surface area contributed by atoms with Gasteiger partial charge in [-0.2, -0.15) is 0 Å². The van der Waals surface area contributed by atoms with Crippen LogP contribution < -0.4 is 10.2 Å². The molecule has 0 radical (unpaired) electrons. The third-order valence-electron chi connectivity index (χ3n) is 3.81. The van der Waals surface area contributed by atoms with Gasteiger partial charge in [-0.3, -0.25) is 4.79 Å². The van der Waals surface area contributed by atoms with E-state index in [1.54, 1.807) is 7.05 Å². The summed E-state index contributed by atoms with van der Waals surface area (Å²) in [7, 11) is 1.67. The Hall–Kier alpha value is -1.36. The van der Waals surface area contributed by atoms with Crippen LogP contribution in [0.3, 0.4) is 0 Å². The van der Waals surface area contributed by atoms with Crippen molar-refractivity contribution in [2.45, 2.75) is 52.0 Å². The van der Waals surface area contributed by atoms with Gasteiger partial charge in [-0.25, -0.2) is 9.97 Å². The molecule has 1 aromatic heterocycles. The Morgan fingerprint density at radius 1 is 1.38 bits per heavy atom. The first kappa shape index (κ1) is 16.0. The van der Waals surface area contributed by atoms with E-state index in [0.29, 0.717) is 11.0 Å². The SMILES string of the molecule is CNC(=O)C1CCCN1c1nc(C(C)(C)C)nc(Cl)c1C. The zero-order valence-corrected chi connectivity index (χ0v) is 14.1. The molecule has 0 saturated carbocycles. The van der Waals surface area contributed by atoms with Gasteiger partial charge in [-0.15, -0.1) is 0 Å². The average molecular weight is 311 g/mol. The molecule has 1 N–H and O–H groups in total. The minimum absolute atomic E-state index is 0.0268. The molecule has 116 valence electrons. The van der Waals surface area contributed by atoms with Gasteiger partial charge in [0.1, 0.15) is 22.8 Å². The summed E-state index contributed by atoms with van der Waals surface area (Å²) in [6, 6.07) is -0.174. The van der Waals surface area contributed by atoms with E-state index in [0.717, 1.165) is 30.8 Å². The minimum atomic E-state index is -0.186. The molecular formula is C15H23ClN4O. The van der Waals surface area contributed by atoms with Crippen LogP contribution in [0.5, 0.6) is 0 Å². The van der Waals surface area contributed by atoms with Crippen LogP contribution in [0.2, 0.25) is 5.15 Å². The summed E-state index contributed by atoms with van der Waals surface area (Å²) in [4.78, 5) is 23.2. The Morgan fingerprint density at radius 2 is 2.05 bits per heavy atom. The zero-order valence-electron chi connectivity index (χ0n) is 13.3. The van der Waals surface area contributed by atoms with E-state index < -0.39 is 0 Å². The van der Waals surface area contributed by atoms with E-state index in [2.05, 4.69) is 36.0 Å². The number of hydrogen-bond donors (Lipinski definition) is 1. The third-order valence-corrected chi connectivity index (χ3v) is 4.17. The quantitative estimate of drug-likeness (QED) is 0.853. The second-order valence-corrected chi connectivity index (χ2v) is 6.86. The average Bonchev–Trinajstić information content (AvgIpc) is 2.88. The number of rotatable bonds is 2. The Kier molecular flexibility index (Phi) is 4.42. The largest absolute Gasteiger partial charge is 0.357 e. The van der Waals surface area contributed by atoms with Crippen molar-refractivity contribution in [1.82, 2.24) is 15.3 Å². The lowest BCUT2D eigenvalue weighted by Gasteiger charge is -2.28. The van der Waals surface area contributed by atoms with Crippen LogP contribution in [0.4, 0.5) is 5.82 Å². The first-order valence-corrected chi connectivity index (χ1v) is 7.66. The second kappa shape index (κ2) is 5.79. The minimum Gasteiger partial charge on any atom is -0.357 e. The van der Waals surface area contributed by atoms with Gasteiger partial charge in [-0.05, 0) is 19.8 Å². The van der Waals surface area contributed by atoms with Gasteiger partial charge in [0.25, 0.3) is 0 Å². The van der Waals surface area contributed by atoms with Crippen molar-refractivity contribution in [2.24, 2.45) is 0 Å². The standard InChI is InChI=1S/C15H23ClN4O/c1-9-11(16)18-14(15(2,3)4)19-12(9)20-8-6-7-10(20)13(21)17-5/h10H,6-8H2,1-5H3,(H,17,21). The third kappa shape index (κ3) is 3.12. The number of halogens is 1. The maximum Gasteiger partial charge on any atom is 0.242 e. The fourth-order valence-corrected chi connectivity index (χ4v) is 2.72. The molecule has 1 amide bonds. The maximum atomic E-state index is 12.0. The number of hydrogen-bond acceptors (Lipinski definition) is 4. The molecule has 0 bridgehead atoms. The summed E-state index contributed by atoms with van der Waals surface area (Å²) in [5.41, 5.74) is 0.648. The zero-order chi connectivity index (χ0) is 15.8. The fraction of sp³-hybridized carbons (Fsp3) is 0.667. The second-order valence-electron chi connectivity index (χ2n) is 6.50. The molecule has 1 saturated heterocycles. The van der Waals surface area contributed by atoms with Gasteiger partial charge in [0.15, 0.2) is 0 Å². The van der Waals surface area contributed by atoms with Crippen molar-refractivity contribution < 1.29 is 4.79 Å².